The average molecular weight is 994 g/mol. The Kier molecular flexibility index (Phi) is 49.8. The molecule has 0 heterocycles. The third-order valence-electron chi connectivity index (χ3n) is 12.4. The van der Waals surface area contributed by atoms with E-state index in [2.05, 4.69) is 99.0 Å². The number of amides is 1. The van der Waals surface area contributed by atoms with Gasteiger partial charge in [0.1, 0.15) is 25.4 Å². The van der Waals surface area contributed by atoms with Gasteiger partial charge in [-0.3, -0.25) is 19.2 Å². The number of likely N-dealkylation sites (N-methyl/N-ethyl adjacent to an activating group) is 1. The largest absolute Gasteiger partial charge is 0.463 e. The summed E-state index contributed by atoms with van der Waals surface area (Å²) in [5.74, 6) is -1.53. The molecule has 0 aromatic carbocycles. The van der Waals surface area contributed by atoms with Crippen molar-refractivity contribution in [2.75, 3.05) is 40.5 Å². The molecule has 1 N–H and O–H groups in total. The summed E-state index contributed by atoms with van der Waals surface area (Å²) in [6.07, 6.45) is 63.7. The van der Waals surface area contributed by atoms with Crippen LogP contribution in [-0.2, 0) is 33.4 Å². The number of unbranched alkanes of at least 4 members (excludes halogenated alkanes) is 24. The number of allylic oxidation sites excluding steroid dienone is 12. The monoisotopic (exact) mass is 993 g/mol. The average Bonchev–Trinajstić information content (AvgIpc) is 3.35. The van der Waals surface area contributed by atoms with Crippen molar-refractivity contribution in [1.82, 2.24) is 10.2 Å². The molecule has 0 spiro atoms. The van der Waals surface area contributed by atoms with Gasteiger partial charge in [0.2, 0.25) is 5.91 Å². The van der Waals surface area contributed by atoms with Gasteiger partial charge in [-0.1, -0.05) is 190 Å². The van der Waals surface area contributed by atoms with Crippen LogP contribution in [0.3, 0.4) is 0 Å². The molecule has 9 nitrogen and oxygen atoms in total. The van der Waals surface area contributed by atoms with Gasteiger partial charge in [0.25, 0.3) is 0 Å². The zero-order valence-electron chi connectivity index (χ0n) is 46.5. The maximum absolute atomic E-state index is 13.3. The molecule has 0 saturated heterocycles. The predicted molar refractivity (Wildman–Crippen MR) is 300 cm³/mol. The van der Waals surface area contributed by atoms with Crippen LogP contribution in [0.15, 0.2) is 72.9 Å². The van der Waals surface area contributed by atoms with Gasteiger partial charge in [0.05, 0.1) is 6.54 Å². The number of esters is 3. The maximum atomic E-state index is 13.3. The molecule has 0 fully saturated rings. The van der Waals surface area contributed by atoms with E-state index in [4.69, 9.17) is 14.2 Å². The van der Waals surface area contributed by atoms with E-state index in [9.17, 15) is 19.2 Å². The topological polar surface area (TPSA) is 111 Å². The summed E-state index contributed by atoms with van der Waals surface area (Å²) in [7, 11) is 3.56. The Balaban J connectivity index is 5.18. The number of nitrogens with zero attached hydrogens (tertiary/aromatic N) is 1. The van der Waals surface area contributed by atoms with E-state index in [1.807, 2.05) is 0 Å². The van der Waals surface area contributed by atoms with Gasteiger partial charge in [0.15, 0.2) is 0 Å². The molecular formula is C62H108N2O7. The molecule has 0 atom stereocenters. The summed E-state index contributed by atoms with van der Waals surface area (Å²) in [5, 5.41) is 2.95. The van der Waals surface area contributed by atoms with Crippen LogP contribution >= 0.6 is 0 Å². The SMILES string of the molecule is CCCCC/C=C\C/C=C\CCCCCCCC(=O)OCC(COC(=O)CCCCCCC/C=C\C/C=C\CCCCC)(COC(=O)CCCCCCC/C=C\C/C=C\CCCCC)NC(=O)CN(C)C. The third-order valence-corrected chi connectivity index (χ3v) is 12.4. The van der Waals surface area contributed by atoms with E-state index in [-0.39, 0.29) is 51.5 Å². The normalized spacial score (nSPS) is 12.3. The molecule has 1 amide bonds. The first kappa shape index (κ1) is 67.3. The minimum absolute atomic E-state index is 0.0570. The Morgan fingerprint density at radius 3 is 0.887 bits per heavy atom. The Labute approximate surface area is 436 Å². The fourth-order valence-electron chi connectivity index (χ4n) is 7.97. The molecule has 0 aromatic heterocycles. The lowest BCUT2D eigenvalue weighted by atomic mass is 10.0. The van der Waals surface area contributed by atoms with Crippen LogP contribution in [-0.4, -0.2) is 74.7 Å². The van der Waals surface area contributed by atoms with Crippen LogP contribution in [0.1, 0.15) is 252 Å². The summed E-state index contributed by atoms with van der Waals surface area (Å²) in [5.41, 5.74) is -1.43. The van der Waals surface area contributed by atoms with Crippen molar-refractivity contribution in [3.05, 3.63) is 72.9 Å². The Hall–Kier alpha value is -3.72. The standard InChI is InChI=1S/C62H108N2O7/c1-6-9-12-15-18-21-24-27-30-33-36-39-42-45-48-51-59(66)69-55-62(63-58(65)54-64(4)5,56-70-60(67)52-49-46-43-40-37-34-31-28-25-22-19-16-13-10-7-2)57-71-61(68)53-50-47-44-41-38-35-32-29-26-23-20-17-14-11-8-3/h18-23,27-32H,6-17,24-26,33-57H2,1-5H3,(H,63,65)/b21-18-,22-19-,23-20-,30-27-,31-28-,32-29-. The Bertz CT molecular complexity index is 1290. The number of nitrogens with one attached hydrogen (secondary N) is 1. The third kappa shape index (κ3) is 49.6. The minimum atomic E-state index is -1.43. The molecule has 0 aliphatic heterocycles. The molecule has 0 rings (SSSR count). The van der Waals surface area contributed by atoms with Crippen LogP contribution in [0.2, 0.25) is 0 Å². The van der Waals surface area contributed by atoms with Gasteiger partial charge in [-0.25, -0.2) is 0 Å². The number of hydrogen-bond donors (Lipinski definition) is 1. The van der Waals surface area contributed by atoms with Gasteiger partial charge in [-0.05, 0) is 130 Å². The second-order valence-electron chi connectivity index (χ2n) is 20.0. The summed E-state index contributed by atoms with van der Waals surface area (Å²) in [6, 6.07) is 0. The molecule has 0 bridgehead atoms. The zero-order chi connectivity index (χ0) is 52.0. The quantitative estimate of drug-likeness (QED) is 0.0278. The summed E-state index contributed by atoms with van der Waals surface area (Å²) >= 11 is 0. The van der Waals surface area contributed by atoms with Crippen molar-refractivity contribution < 1.29 is 33.4 Å². The first-order chi connectivity index (χ1) is 34.7. The van der Waals surface area contributed by atoms with E-state index in [1.165, 1.54) is 77.0 Å². The minimum Gasteiger partial charge on any atom is -0.463 e. The van der Waals surface area contributed by atoms with Gasteiger partial charge < -0.3 is 24.4 Å². The Morgan fingerprint density at radius 2 is 0.620 bits per heavy atom. The second kappa shape index (κ2) is 52.6. The van der Waals surface area contributed by atoms with E-state index in [1.54, 1.807) is 19.0 Å². The highest BCUT2D eigenvalue weighted by Gasteiger charge is 2.37. The lowest BCUT2D eigenvalue weighted by Crippen LogP contribution is -2.60. The lowest BCUT2D eigenvalue weighted by Gasteiger charge is -2.33. The second-order valence-corrected chi connectivity index (χ2v) is 20.0. The van der Waals surface area contributed by atoms with Crippen molar-refractivity contribution in [2.24, 2.45) is 0 Å². The van der Waals surface area contributed by atoms with E-state index in [0.29, 0.717) is 19.3 Å². The number of rotatable bonds is 51. The lowest BCUT2D eigenvalue weighted by molar-refractivity contribution is -0.159. The zero-order valence-corrected chi connectivity index (χ0v) is 46.5. The highest BCUT2D eigenvalue weighted by molar-refractivity contribution is 5.79. The van der Waals surface area contributed by atoms with E-state index < -0.39 is 23.4 Å². The van der Waals surface area contributed by atoms with Crippen LogP contribution in [0.5, 0.6) is 0 Å². The number of carbonyl (C=O) groups excluding carboxylic acids is 4. The molecular weight excluding hydrogens is 885 g/mol. The molecule has 0 radical (unpaired) electrons. The van der Waals surface area contributed by atoms with E-state index in [0.717, 1.165) is 116 Å². The first-order valence-electron chi connectivity index (χ1n) is 29.0. The molecule has 0 saturated carbocycles. The van der Waals surface area contributed by atoms with Crippen molar-refractivity contribution in [3.8, 4) is 0 Å². The molecule has 71 heavy (non-hydrogen) atoms. The van der Waals surface area contributed by atoms with Crippen LogP contribution in [0.4, 0.5) is 0 Å². The van der Waals surface area contributed by atoms with Crippen LogP contribution < -0.4 is 5.32 Å². The fourth-order valence-corrected chi connectivity index (χ4v) is 7.97. The van der Waals surface area contributed by atoms with E-state index >= 15 is 0 Å². The van der Waals surface area contributed by atoms with Crippen molar-refractivity contribution in [1.29, 1.82) is 0 Å². The predicted octanol–water partition coefficient (Wildman–Crippen LogP) is 16.5. The highest BCUT2D eigenvalue weighted by atomic mass is 16.6. The number of carbonyl (C=O) groups is 4. The van der Waals surface area contributed by atoms with Crippen molar-refractivity contribution >= 4 is 23.8 Å². The first-order valence-corrected chi connectivity index (χ1v) is 29.0. The summed E-state index contributed by atoms with van der Waals surface area (Å²) in [6.45, 7) is 5.91. The maximum Gasteiger partial charge on any atom is 0.305 e. The number of hydrogen-bond acceptors (Lipinski definition) is 8. The molecule has 408 valence electrons. The summed E-state index contributed by atoms with van der Waals surface area (Å²) in [4.78, 5) is 54.4. The molecule has 0 aliphatic carbocycles. The fraction of sp³-hybridized carbons (Fsp3) is 0.742. The van der Waals surface area contributed by atoms with Crippen LogP contribution in [0.25, 0.3) is 0 Å². The number of ether oxygens (including phenoxy) is 3. The summed E-state index contributed by atoms with van der Waals surface area (Å²) < 4.78 is 17.4. The molecule has 0 aliphatic rings. The van der Waals surface area contributed by atoms with Gasteiger partial charge >= 0.3 is 17.9 Å². The highest BCUT2D eigenvalue weighted by Crippen LogP contribution is 2.16. The van der Waals surface area contributed by atoms with Gasteiger partial charge in [-0.15, -0.1) is 0 Å². The molecule has 0 unspecified atom stereocenters. The van der Waals surface area contributed by atoms with Gasteiger partial charge in [0, 0.05) is 19.3 Å². The molecule has 9 heteroatoms. The van der Waals surface area contributed by atoms with Gasteiger partial charge in [-0.2, -0.15) is 0 Å². The smallest absolute Gasteiger partial charge is 0.305 e. The van der Waals surface area contributed by atoms with Crippen LogP contribution in [0, 0.1) is 0 Å². The van der Waals surface area contributed by atoms with Crippen molar-refractivity contribution in [3.63, 3.8) is 0 Å². The van der Waals surface area contributed by atoms with Crippen molar-refractivity contribution in [2.45, 2.75) is 257 Å². The molecule has 0 aromatic rings. The Morgan fingerprint density at radius 1 is 0.366 bits per heavy atom.